The molecule has 0 saturated carbocycles. The van der Waals surface area contributed by atoms with E-state index in [9.17, 15) is 9.59 Å². The van der Waals surface area contributed by atoms with E-state index < -0.39 is 0 Å². The van der Waals surface area contributed by atoms with Crippen LogP contribution >= 0.6 is 35.0 Å². The summed E-state index contributed by atoms with van der Waals surface area (Å²) in [5.41, 5.74) is 2.46. The normalized spacial score (nSPS) is 16.0. The molecule has 0 aliphatic carbocycles. The molecule has 0 radical (unpaired) electrons. The molecule has 1 aliphatic heterocycles. The summed E-state index contributed by atoms with van der Waals surface area (Å²) in [4.78, 5) is 26.2. The molecule has 25 heavy (non-hydrogen) atoms. The first-order valence-electron chi connectivity index (χ1n) is 7.45. The van der Waals surface area contributed by atoms with Crippen molar-refractivity contribution in [3.63, 3.8) is 0 Å². The average Bonchev–Trinajstić information content (AvgIpc) is 2.84. The summed E-state index contributed by atoms with van der Waals surface area (Å²) in [5, 5.41) is 3.88. The summed E-state index contributed by atoms with van der Waals surface area (Å²) in [6.07, 6.45) is 1.64. The highest BCUT2D eigenvalue weighted by Crippen LogP contribution is 2.33. The van der Waals surface area contributed by atoms with E-state index in [4.69, 9.17) is 23.2 Å². The van der Waals surface area contributed by atoms with E-state index in [-0.39, 0.29) is 17.8 Å². The smallest absolute Gasteiger partial charge is 0.295 e. The number of hydrogen-bond acceptors (Lipinski definition) is 4. The Labute approximate surface area is 159 Å². The van der Waals surface area contributed by atoms with Crippen molar-refractivity contribution in [1.29, 1.82) is 0 Å². The van der Waals surface area contributed by atoms with Gasteiger partial charge in [-0.2, -0.15) is 0 Å². The Morgan fingerprint density at radius 2 is 1.92 bits per heavy atom. The molecule has 1 N–H and O–H groups in total. The lowest BCUT2D eigenvalue weighted by molar-refractivity contribution is -0.122. The maximum atomic E-state index is 12.5. The van der Waals surface area contributed by atoms with Crippen LogP contribution in [0.5, 0.6) is 0 Å². The third kappa shape index (κ3) is 4.00. The summed E-state index contributed by atoms with van der Waals surface area (Å²) in [6, 6.07) is 12.6. The molecular weight excluding hydrogens is 379 g/mol. The van der Waals surface area contributed by atoms with E-state index >= 15 is 0 Å². The topological polar surface area (TPSA) is 49.4 Å². The zero-order valence-corrected chi connectivity index (χ0v) is 15.6. The molecule has 0 aromatic heterocycles. The molecule has 1 aliphatic rings. The first-order chi connectivity index (χ1) is 12.0. The summed E-state index contributed by atoms with van der Waals surface area (Å²) >= 11 is 13.0. The van der Waals surface area contributed by atoms with Crippen LogP contribution in [0.15, 0.2) is 47.4 Å². The van der Waals surface area contributed by atoms with Crippen molar-refractivity contribution in [2.24, 2.45) is 0 Å². The Kier molecular flexibility index (Phi) is 5.37. The minimum absolute atomic E-state index is 0.0751. The van der Waals surface area contributed by atoms with Crippen molar-refractivity contribution in [2.45, 2.75) is 6.92 Å². The van der Waals surface area contributed by atoms with Crippen LogP contribution < -0.4 is 5.32 Å². The van der Waals surface area contributed by atoms with Crippen LogP contribution in [0, 0.1) is 6.92 Å². The standard InChI is InChI=1S/C18H14Cl2N2O2S/c1-11-6-7-13(19)9-15(11)21-10-22-17(23)16(25-18(22)24)8-12-4-2-3-5-14(12)20/h2-9,21H,10H2,1H3. The number of carbonyl (C=O) groups is 2. The van der Waals surface area contributed by atoms with E-state index in [2.05, 4.69) is 5.32 Å². The van der Waals surface area contributed by atoms with E-state index in [1.165, 1.54) is 0 Å². The van der Waals surface area contributed by atoms with Crippen molar-refractivity contribution >= 4 is 57.9 Å². The number of imide groups is 1. The summed E-state index contributed by atoms with van der Waals surface area (Å²) in [5.74, 6) is -0.345. The molecule has 0 spiro atoms. The van der Waals surface area contributed by atoms with Gasteiger partial charge in [-0.05, 0) is 54.1 Å². The van der Waals surface area contributed by atoms with Crippen molar-refractivity contribution < 1.29 is 9.59 Å². The van der Waals surface area contributed by atoms with Crippen molar-refractivity contribution in [3.8, 4) is 0 Å². The van der Waals surface area contributed by atoms with E-state index in [1.54, 1.807) is 30.3 Å². The van der Waals surface area contributed by atoms with E-state index in [0.29, 0.717) is 20.5 Å². The predicted octanol–water partition coefficient (Wildman–Crippen LogP) is 5.41. The lowest BCUT2D eigenvalue weighted by atomic mass is 10.2. The highest BCUT2D eigenvalue weighted by molar-refractivity contribution is 8.18. The molecular formula is C18H14Cl2N2O2S. The fourth-order valence-electron chi connectivity index (χ4n) is 2.32. The number of anilines is 1. The summed E-state index contributed by atoms with van der Waals surface area (Å²) in [6.45, 7) is 2.00. The molecule has 7 heteroatoms. The van der Waals surface area contributed by atoms with Gasteiger partial charge in [0.1, 0.15) is 0 Å². The number of carbonyl (C=O) groups excluding carboxylic acids is 2. The van der Waals surface area contributed by atoms with Gasteiger partial charge in [0.15, 0.2) is 0 Å². The Morgan fingerprint density at radius 3 is 2.68 bits per heavy atom. The highest BCUT2D eigenvalue weighted by atomic mass is 35.5. The molecule has 1 saturated heterocycles. The number of aryl methyl sites for hydroxylation is 1. The number of halogens is 2. The number of hydrogen-bond donors (Lipinski definition) is 1. The second kappa shape index (κ2) is 7.52. The summed E-state index contributed by atoms with van der Waals surface area (Å²) in [7, 11) is 0. The van der Waals surface area contributed by atoms with Gasteiger partial charge in [-0.25, -0.2) is 0 Å². The fraction of sp³-hybridized carbons (Fsp3) is 0.111. The molecule has 4 nitrogen and oxygen atoms in total. The average molecular weight is 393 g/mol. The van der Waals surface area contributed by atoms with Crippen LogP contribution in [0.3, 0.4) is 0 Å². The molecule has 2 aromatic rings. The van der Waals surface area contributed by atoms with Crippen molar-refractivity contribution in [3.05, 3.63) is 68.5 Å². The molecule has 128 valence electrons. The molecule has 0 unspecified atom stereocenters. The van der Waals surface area contributed by atoms with Crippen LogP contribution in [0.2, 0.25) is 10.0 Å². The number of rotatable bonds is 4. The fourth-order valence-corrected chi connectivity index (χ4v) is 3.51. The van der Waals surface area contributed by atoms with Crippen molar-refractivity contribution in [1.82, 2.24) is 4.90 Å². The Bertz CT molecular complexity index is 883. The van der Waals surface area contributed by atoms with Crippen LogP contribution in [-0.2, 0) is 4.79 Å². The minimum atomic E-state index is -0.345. The molecule has 1 heterocycles. The van der Waals surface area contributed by atoms with Gasteiger partial charge < -0.3 is 5.32 Å². The zero-order chi connectivity index (χ0) is 18.0. The number of nitrogens with zero attached hydrogens (tertiary/aromatic N) is 1. The molecule has 0 atom stereocenters. The largest absolute Gasteiger partial charge is 0.367 e. The molecule has 1 fully saturated rings. The Hall–Kier alpha value is -1.95. The second-order valence-electron chi connectivity index (χ2n) is 5.43. The molecule has 0 bridgehead atoms. The Balaban J connectivity index is 1.76. The van der Waals surface area contributed by atoms with Crippen LogP contribution in [0.4, 0.5) is 10.5 Å². The van der Waals surface area contributed by atoms with Crippen LogP contribution in [0.25, 0.3) is 6.08 Å². The third-order valence-electron chi connectivity index (χ3n) is 3.69. The number of thioether (sulfide) groups is 1. The molecule has 2 aromatic carbocycles. The number of benzene rings is 2. The SMILES string of the molecule is Cc1ccc(Cl)cc1NCN1C(=O)SC(=Cc2ccccc2Cl)C1=O. The molecule has 2 amide bonds. The van der Waals surface area contributed by atoms with Gasteiger partial charge in [-0.15, -0.1) is 0 Å². The van der Waals surface area contributed by atoms with Gasteiger partial charge >= 0.3 is 0 Å². The molecule has 3 rings (SSSR count). The predicted molar refractivity (Wildman–Crippen MR) is 104 cm³/mol. The quantitative estimate of drug-likeness (QED) is 0.706. The first-order valence-corrected chi connectivity index (χ1v) is 9.03. The second-order valence-corrected chi connectivity index (χ2v) is 7.26. The Morgan fingerprint density at radius 1 is 1.16 bits per heavy atom. The van der Waals surface area contributed by atoms with Gasteiger partial charge in [0.25, 0.3) is 11.1 Å². The summed E-state index contributed by atoms with van der Waals surface area (Å²) < 4.78 is 0. The van der Waals surface area contributed by atoms with E-state index in [0.717, 1.165) is 27.9 Å². The monoisotopic (exact) mass is 392 g/mol. The van der Waals surface area contributed by atoms with Gasteiger partial charge in [0.2, 0.25) is 0 Å². The van der Waals surface area contributed by atoms with Gasteiger partial charge in [-0.1, -0.05) is 47.5 Å². The highest BCUT2D eigenvalue weighted by Gasteiger charge is 2.35. The zero-order valence-electron chi connectivity index (χ0n) is 13.3. The van der Waals surface area contributed by atoms with Gasteiger partial charge in [-0.3, -0.25) is 14.5 Å². The first kappa shape index (κ1) is 17.9. The maximum absolute atomic E-state index is 12.5. The van der Waals surface area contributed by atoms with Gasteiger partial charge in [0.05, 0.1) is 11.6 Å². The third-order valence-corrected chi connectivity index (χ3v) is 5.18. The minimum Gasteiger partial charge on any atom is -0.367 e. The van der Waals surface area contributed by atoms with Crippen molar-refractivity contribution in [2.75, 3.05) is 12.0 Å². The van der Waals surface area contributed by atoms with E-state index in [1.807, 2.05) is 25.1 Å². The maximum Gasteiger partial charge on any atom is 0.295 e. The van der Waals surface area contributed by atoms with Crippen LogP contribution in [-0.4, -0.2) is 22.7 Å². The number of nitrogens with one attached hydrogen (secondary N) is 1. The van der Waals surface area contributed by atoms with Crippen LogP contribution in [0.1, 0.15) is 11.1 Å². The van der Waals surface area contributed by atoms with Gasteiger partial charge in [0, 0.05) is 15.7 Å². The lowest BCUT2D eigenvalue weighted by Gasteiger charge is -2.16. The lowest BCUT2D eigenvalue weighted by Crippen LogP contribution is -2.33. The number of amides is 2.